The molecular formula is C16H14N4O2S. The number of benzene rings is 2. The molecule has 0 fully saturated rings. The number of nitrogens with zero attached hydrogens (tertiary/aromatic N) is 4. The molecule has 0 unspecified atom stereocenters. The van der Waals surface area contributed by atoms with Crippen LogP contribution < -0.4 is 4.80 Å². The highest BCUT2D eigenvalue weighted by molar-refractivity contribution is 7.16. The second kappa shape index (κ2) is 6.13. The largest absolute Gasteiger partial charge is 0.318 e. The quantitative estimate of drug-likeness (QED) is 0.420. The Morgan fingerprint density at radius 3 is 2.74 bits per heavy atom. The van der Waals surface area contributed by atoms with E-state index in [1.54, 1.807) is 30.4 Å². The molecule has 0 saturated heterocycles. The van der Waals surface area contributed by atoms with Crippen LogP contribution >= 0.6 is 11.3 Å². The van der Waals surface area contributed by atoms with Crippen molar-refractivity contribution in [2.75, 3.05) is 0 Å². The molecule has 0 spiro atoms. The molecule has 6 nitrogen and oxygen atoms in total. The number of nitro groups is 1. The van der Waals surface area contributed by atoms with Crippen LogP contribution in [-0.4, -0.2) is 15.2 Å². The minimum atomic E-state index is -0.417. The predicted octanol–water partition coefficient (Wildman–Crippen LogP) is 3.47. The average Bonchev–Trinajstić information content (AvgIpc) is 2.89. The highest BCUT2D eigenvalue weighted by atomic mass is 32.1. The molecule has 7 heteroatoms. The number of para-hydroxylation sites is 1. The van der Waals surface area contributed by atoms with Gasteiger partial charge in [0, 0.05) is 24.7 Å². The Hall–Kier alpha value is -2.80. The monoisotopic (exact) mass is 326 g/mol. The number of rotatable bonds is 3. The SMILES string of the molecule is CC(=NN=c1sc2ccccc2n1C)c1cccc([N+](=O)[O-])c1. The topological polar surface area (TPSA) is 72.8 Å². The van der Waals surface area contributed by atoms with Crippen molar-refractivity contribution in [1.82, 2.24) is 4.57 Å². The van der Waals surface area contributed by atoms with Crippen LogP contribution in [0.3, 0.4) is 0 Å². The third-order valence-electron chi connectivity index (χ3n) is 3.48. The van der Waals surface area contributed by atoms with Crippen LogP contribution in [0.25, 0.3) is 10.2 Å². The zero-order chi connectivity index (χ0) is 16.4. The van der Waals surface area contributed by atoms with E-state index in [1.165, 1.54) is 12.1 Å². The van der Waals surface area contributed by atoms with Crippen molar-refractivity contribution in [3.63, 3.8) is 0 Å². The molecule has 2 aromatic carbocycles. The van der Waals surface area contributed by atoms with Crippen LogP contribution in [0.1, 0.15) is 12.5 Å². The molecule has 0 N–H and O–H groups in total. The maximum Gasteiger partial charge on any atom is 0.270 e. The van der Waals surface area contributed by atoms with Crippen molar-refractivity contribution < 1.29 is 4.92 Å². The van der Waals surface area contributed by atoms with E-state index >= 15 is 0 Å². The summed E-state index contributed by atoms with van der Waals surface area (Å²) in [5.74, 6) is 0. The number of thiazole rings is 1. The van der Waals surface area contributed by atoms with Crippen LogP contribution in [0.2, 0.25) is 0 Å². The van der Waals surface area contributed by atoms with Gasteiger partial charge in [-0.25, -0.2) is 0 Å². The van der Waals surface area contributed by atoms with Gasteiger partial charge >= 0.3 is 0 Å². The van der Waals surface area contributed by atoms with E-state index in [0.29, 0.717) is 11.3 Å². The van der Waals surface area contributed by atoms with Crippen LogP contribution in [-0.2, 0) is 7.05 Å². The molecule has 3 aromatic rings. The number of non-ortho nitro benzene ring substituents is 1. The van der Waals surface area contributed by atoms with Crippen LogP contribution in [0, 0.1) is 10.1 Å². The molecule has 1 heterocycles. The third kappa shape index (κ3) is 3.04. The van der Waals surface area contributed by atoms with Gasteiger partial charge < -0.3 is 4.57 Å². The molecule has 0 aliphatic carbocycles. The fraction of sp³-hybridized carbons (Fsp3) is 0.125. The number of nitro benzene ring substituents is 1. The summed E-state index contributed by atoms with van der Waals surface area (Å²) in [5.41, 5.74) is 2.46. The summed E-state index contributed by atoms with van der Waals surface area (Å²) < 4.78 is 3.11. The molecule has 0 radical (unpaired) electrons. The van der Waals surface area contributed by atoms with Gasteiger partial charge in [-0.2, -0.15) is 5.10 Å². The molecule has 0 aliphatic heterocycles. The third-order valence-corrected chi connectivity index (χ3v) is 4.58. The fourth-order valence-corrected chi connectivity index (χ4v) is 3.17. The smallest absolute Gasteiger partial charge is 0.270 e. The Morgan fingerprint density at radius 1 is 1.22 bits per heavy atom. The highest BCUT2D eigenvalue weighted by Crippen LogP contribution is 2.16. The summed E-state index contributed by atoms with van der Waals surface area (Å²) in [7, 11) is 1.94. The van der Waals surface area contributed by atoms with Crippen LogP contribution in [0.5, 0.6) is 0 Å². The number of aromatic nitrogens is 1. The number of fused-ring (bicyclic) bond motifs is 1. The van der Waals surface area contributed by atoms with Crippen molar-refractivity contribution in [2.45, 2.75) is 6.92 Å². The summed E-state index contributed by atoms with van der Waals surface area (Å²) >= 11 is 1.55. The maximum absolute atomic E-state index is 10.8. The zero-order valence-electron chi connectivity index (χ0n) is 12.6. The maximum atomic E-state index is 10.8. The first kappa shape index (κ1) is 15.1. The highest BCUT2D eigenvalue weighted by Gasteiger charge is 2.07. The first-order chi connectivity index (χ1) is 11.1. The van der Waals surface area contributed by atoms with E-state index in [2.05, 4.69) is 10.2 Å². The average molecular weight is 326 g/mol. The van der Waals surface area contributed by atoms with Gasteiger partial charge in [0.2, 0.25) is 4.80 Å². The minimum absolute atomic E-state index is 0.0458. The molecule has 23 heavy (non-hydrogen) atoms. The molecule has 116 valence electrons. The van der Waals surface area contributed by atoms with Crippen LogP contribution in [0.4, 0.5) is 5.69 Å². The van der Waals surface area contributed by atoms with E-state index < -0.39 is 4.92 Å². The molecule has 0 atom stereocenters. The van der Waals surface area contributed by atoms with Gasteiger partial charge in [0.05, 0.1) is 20.9 Å². The number of hydrogen-bond donors (Lipinski definition) is 0. The molecular weight excluding hydrogens is 312 g/mol. The Kier molecular flexibility index (Phi) is 4.03. The lowest BCUT2D eigenvalue weighted by molar-refractivity contribution is -0.384. The summed E-state index contributed by atoms with van der Waals surface area (Å²) in [6.45, 7) is 1.79. The van der Waals surface area contributed by atoms with Crippen molar-refractivity contribution in [3.8, 4) is 0 Å². The van der Waals surface area contributed by atoms with E-state index in [-0.39, 0.29) is 5.69 Å². The number of hydrogen-bond acceptors (Lipinski definition) is 5. The Balaban J connectivity index is 2.01. The van der Waals surface area contributed by atoms with Gasteiger partial charge in [0.15, 0.2) is 0 Å². The lowest BCUT2D eigenvalue weighted by atomic mass is 10.1. The molecule has 0 saturated carbocycles. The van der Waals surface area contributed by atoms with E-state index in [1.807, 2.05) is 35.9 Å². The first-order valence-electron chi connectivity index (χ1n) is 6.94. The van der Waals surface area contributed by atoms with Gasteiger partial charge in [-0.3, -0.25) is 10.1 Å². The summed E-state index contributed by atoms with van der Waals surface area (Å²) in [6.07, 6.45) is 0. The van der Waals surface area contributed by atoms with Gasteiger partial charge in [0.25, 0.3) is 5.69 Å². The van der Waals surface area contributed by atoms with E-state index in [9.17, 15) is 10.1 Å². The van der Waals surface area contributed by atoms with Gasteiger partial charge in [-0.15, -0.1) is 5.10 Å². The Labute approximate surface area is 136 Å². The standard InChI is InChI=1S/C16H14N4O2S/c1-11(12-6-5-7-13(10-12)20(21)22)17-18-16-19(2)14-8-3-4-9-15(14)23-16/h3-10H,1-2H3. The van der Waals surface area contributed by atoms with Gasteiger partial charge in [0.1, 0.15) is 0 Å². The molecule has 0 amide bonds. The van der Waals surface area contributed by atoms with Crippen molar-refractivity contribution in [3.05, 3.63) is 69.0 Å². The summed E-state index contributed by atoms with van der Waals surface area (Å²) in [4.78, 5) is 11.2. The second-order valence-corrected chi connectivity index (χ2v) is 6.01. The fourth-order valence-electron chi connectivity index (χ4n) is 2.20. The molecule has 3 rings (SSSR count). The Morgan fingerprint density at radius 2 is 2.00 bits per heavy atom. The van der Waals surface area contributed by atoms with Crippen LogP contribution in [0.15, 0.2) is 58.7 Å². The van der Waals surface area contributed by atoms with Crippen molar-refractivity contribution in [2.24, 2.45) is 17.3 Å². The molecule has 0 bridgehead atoms. The van der Waals surface area contributed by atoms with Gasteiger partial charge in [-0.1, -0.05) is 35.6 Å². The predicted molar refractivity (Wildman–Crippen MR) is 91.7 cm³/mol. The van der Waals surface area contributed by atoms with Gasteiger partial charge in [-0.05, 0) is 19.1 Å². The first-order valence-corrected chi connectivity index (χ1v) is 7.75. The second-order valence-electron chi connectivity index (χ2n) is 5.00. The normalized spacial score (nSPS) is 12.8. The summed E-state index contributed by atoms with van der Waals surface area (Å²) in [5, 5.41) is 19.4. The molecule has 0 aliphatic rings. The summed E-state index contributed by atoms with van der Waals surface area (Å²) in [6, 6.07) is 14.4. The number of aryl methyl sites for hydroxylation is 1. The van der Waals surface area contributed by atoms with Crippen molar-refractivity contribution >= 4 is 33.0 Å². The van der Waals surface area contributed by atoms with Crippen molar-refractivity contribution in [1.29, 1.82) is 0 Å². The van der Waals surface area contributed by atoms with E-state index in [0.717, 1.165) is 15.0 Å². The minimum Gasteiger partial charge on any atom is -0.318 e. The lowest BCUT2D eigenvalue weighted by Crippen LogP contribution is -2.09. The Bertz CT molecular complexity index is 985. The molecule has 1 aromatic heterocycles. The van der Waals surface area contributed by atoms with E-state index in [4.69, 9.17) is 0 Å². The lowest BCUT2D eigenvalue weighted by Gasteiger charge is -1.98. The zero-order valence-corrected chi connectivity index (χ0v) is 13.4.